The number of thioether (sulfide) groups is 1. The van der Waals surface area contributed by atoms with E-state index in [-0.39, 0.29) is 5.91 Å². The molecule has 1 amide bonds. The molecule has 35 heavy (non-hydrogen) atoms. The van der Waals surface area contributed by atoms with Gasteiger partial charge in [-0.15, -0.1) is 0 Å². The number of hydrogen-bond acceptors (Lipinski definition) is 4. The molecule has 5 rings (SSSR count). The molecular weight excluding hydrogens is 540 g/mol. The molecule has 0 N–H and O–H groups in total. The third kappa shape index (κ3) is 5.53. The first kappa shape index (κ1) is 23.9. The number of hydrogen-bond donors (Lipinski definition) is 0. The molecule has 1 saturated heterocycles. The van der Waals surface area contributed by atoms with E-state index in [0.717, 1.165) is 33.1 Å². The van der Waals surface area contributed by atoms with Gasteiger partial charge in [-0.25, -0.2) is 0 Å². The van der Waals surface area contributed by atoms with Crippen LogP contribution in [0.4, 0.5) is 0 Å². The minimum Gasteiger partial charge on any atom is -0.492 e. The lowest BCUT2D eigenvalue weighted by Crippen LogP contribution is -2.30. The molecule has 0 atom stereocenters. The quantitative estimate of drug-likeness (QED) is 0.172. The van der Waals surface area contributed by atoms with Crippen LogP contribution in [0.15, 0.2) is 94.4 Å². The Labute approximate surface area is 222 Å². The predicted octanol–water partition coefficient (Wildman–Crippen LogP) is 6.93. The van der Waals surface area contributed by atoms with E-state index in [4.69, 9.17) is 17.0 Å². The molecule has 176 valence electrons. The second-order valence-corrected chi connectivity index (χ2v) is 10.8. The first-order chi connectivity index (χ1) is 17.1. The molecule has 4 nitrogen and oxygen atoms in total. The Hall–Kier alpha value is -2.87. The molecule has 0 unspecified atom stereocenters. The van der Waals surface area contributed by atoms with Gasteiger partial charge in [0.1, 0.15) is 16.7 Å². The van der Waals surface area contributed by atoms with Crippen molar-refractivity contribution in [1.82, 2.24) is 9.47 Å². The Bertz CT molecular complexity index is 1400. The van der Waals surface area contributed by atoms with Crippen molar-refractivity contribution in [2.75, 3.05) is 13.2 Å². The maximum atomic E-state index is 13.2. The second kappa shape index (κ2) is 10.8. The summed E-state index contributed by atoms with van der Waals surface area (Å²) in [6, 6.07) is 26.2. The summed E-state index contributed by atoms with van der Waals surface area (Å²) in [5.74, 6) is 0.824. The van der Waals surface area contributed by atoms with Gasteiger partial charge >= 0.3 is 0 Å². The highest BCUT2D eigenvalue weighted by molar-refractivity contribution is 9.10. The van der Waals surface area contributed by atoms with Crippen molar-refractivity contribution in [3.8, 4) is 5.75 Å². The zero-order valence-electron chi connectivity index (χ0n) is 18.9. The van der Waals surface area contributed by atoms with Crippen LogP contribution < -0.4 is 4.74 Å². The molecule has 0 bridgehead atoms. The van der Waals surface area contributed by atoms with Crippen molar-refractivity contribution in [1.29, 1.82) is 0 Å². The van der Waals surface area contributed by atoms with Gasteiger partial charge in [-0.05, 0) is 48.4 Å². The van der Waals surface area contributed by atoms with E-state index in [1.165, 1.54) is 17.3 Å². The molecule has 7 heteroatoms. The number of rotatable bonds is 8. The number of benzene rings is 3. The number of aromatic nitrogens is 1. The van der Waals surface area contributed by atoms with Crippen molar-refractivity contribution < 1.29 is 9.53 Å². The lowest BCUT2D eigenvalue weighted by molar-refractivity contribution is -0.122. The van der Waals surface area contributed by atoms with E-state index < -0.39 is 0 Å². The Morgan fingerprint density at radius 1 is 0.971 bits per heavy atom. The Balaban J connectivity index is 1.36. The smallest absolute Gasteiger partial charge is 0.266 e. The highest BCUT2D eigenvalue weighted by Gasteiger charge is 2.31. The molecule has 1 aliphatic heterocycles. The molecule has 0 saturated carbocycles. The summed E-state index contributed by atoms with van der Waals surface area (Å²) in [7, 11) is 0. The third-order valence-corrected chi connectivity index (χ3v) is 7.72. The summed E-state index contributed by atoms with van der Waals surface area (Å²) in [6.45, 7) is 1.82. The maximum absolute atomic E-state index is 13.2. The number of carbonyl (C=O) groups excluding carboxylic acids is 1. The standard InChI is InChI=1S/C28H23BrN2O2S2/c29-22-11-12-25-24(18-22)21(19-30(25)15-16-33-23-9-5-2-6-10-23)17-26-27(32)31(28(34)35-26)14-13-20-7-3-1-4-8-20/h1-12,17-19H,13-16H2/b26-17-. The fourth-order valence-corrected chi connectivity index (χ4v) is 5.76. The van der Waals surface area contributed by atoms with Crippen LogP contribution in [0.2, 0.25) is 0 Å². The number of fused-ring (bicyclic) bond motifs is 1. The SMILES string of the molecule is O=C1/C(=C/c2cn(CCOc3ccccc3)c3ccc(Br)cc23)SC(=S)N1CCc1ccccc1. The van der Waals surface area contributed by atoms with Crippen LogP contribution in [0.3, 0.4) is 0 Å². The topological polar surface area (TPSA) is 34.5 Å². The number of thiocarbonyl (C=S) groups is 1. The maximum Gasteiger partial charge on any atom is 0.266 e. The van der Waals surface area contributed by atoms with E-state index in [0.29, 0.717) is 28.9 Å². The lowest BCUT2D eigenvalue weighted by atomic mass is 10.1. The van der Waals surface area contributed by atoms with E-state index >= 15 is 0 Å². The minimum absolute atomic E-state index is 0.0285. The molecule has 0 aliphatic carbocycles. The highest BCUT2D eigenvalue weighted by atomic mass is 79.9. The Morgan fingerprint density at radius 2 is 1.71 bits per heavy atom. The van der Waals surface area contributed by atoms with Gasteiger partial charge in [-0.3, -0.25) is 9.69 Å². The van der Waals surface area contributed by atoms with Gasteiger partial charge < -0.3 is 9.30 Å². The van der Waals surface area contributed by atoms with E-state index in [9.17, 15) is 4.79 Å². The van der Waals surface area contributed by atoms with Crippen LogP contribution in [0.5, 0.6) is 5.75 Å². The van der Waals surface area contributed by atoms with Gasteiger partial charge in [0, 0.05) is 33.7 Å². The third-order valence-electron chi connectivity index (χ3n) is 5.85. The summed E-state index contributed by atoms with van der Waals surface area (Å²) < 4.78 is 9.68. The molecule has 4 aromatic rings. The number of ether oxygens (including phenoxy) is 1. The van der Waals surface area contributed by atoms with Gasteiger partial charge in [0.25, 0.3) is 5.91 Å². The Kier molecular flexibility index (Phi) is 7.37. The summed E-state index contributed by atoms with van der Waals surface area (Å²) in [4.78, 5) is 15.6. The molecule has 0 spiro atoms. The zero-order valence-corrected chi connectivity index (χ0v) is 22.1. The van der Waals surface area contributed by atoms with E-state index in [1.54, 1.807) is 4.90 Å². The number of halogens is 1. The number of para-hydroxylation sites is 1. The number of nitrogens with zero attached hydrogens (tertiary/aromatic N) is 2. The monoisotopic (exact) mass is 562 g/mol. The summed E-state index contributed by atoms with van der Waals surface area (Å²) in [5.41, 5.74) is 3.27. The number of amides is 1. The van der Waals surface area contributed by atoms with Crippen LogP contribution in [-0.2, 0) is 17.8 Å². The van der Waals surface area contributed by atoms with Crippen molar-refractivity contribution in [3.63, 3.8) is 0 Å². The average molecular weight is 564 g/mol. The van der Waals surface area contributed by atoms with Gasteiger partial charge in [-0.2, -0.15) is 0 Å². The van der Waals surface area contributed by atoms with E-state index in [2.05, 4.69) is 51.0 Å². The highest BCUT2D eigenvalue weighted by Crippen LogP contribution is 2.35. The van der Waals surface area contributed by atoms with Crippen molar-refractivity contribution in [2.45, 2.75) is 13.0 Å². The lowest BCUT2D eigenvalue weighted by Gasteiger charge is -2.14. The largest absolute Gasteiger partial charge is 0.492 e. The van der Waals surface area contributed by atoms with Crippen LogP contribution in [-0.4, -0.2) is 32.8 Å². The molecule has 3 aromatic carbocycles. The fraction of sp³-hybridized carbons (Fsp3) is 0.143. The average Bonchev–Trinajstić information content (AvgIpc) is 3.34. The van der Waals surface area contributed by atoms with E-state index in [1.807, 2.05) is 60.7 Å². The van der Waals surface area contributed by atoms with Crippen LogP contribution in [0.25, 0.3) is 17.0 Å². The summed E-state index contributed by atoms with van der Waals surface area (Å²) >= 11 is 10.5. The van der Waals surface area contributed by atoms with Crippen LogP contribution in [0, 0.1) is 0 Å². The summed E-state index contributed by atoms with van der Waals surface area (Å²) in [5, 5.41) is 1.08. The normalized spacial score (nSPS) is 14.9. The van der Waals surface area contributed by atoms with Gasteiger partial charge in [-0.1, -0.05) is 88.4 Å². The zero-order chi connectivity index (χ0) is 24.2. The summed E-state index contributed by atoms with van der Waals surface area (Å²) in [6.07, 6.45) is 4.82. The minimum atomic E-state index is -0.0285. The van der Waals surface area contributed by atoms with Gasteiger partial charge in [0.05, 0.1) is 11.4 Å². The molecule has 1 aliphatic rings. The van der Waals surface area contributed by atoms with Gasteiger partial charge in [0.2, 0.25) is 0 Å². The van der Waals surface area contributed by atoms with Crippen LogP contribution >= 0.6 is 39.9 Å². The first-order valence-electron chi connectivity index (χ1n) is 11.3. The predicted molar refractivity (Wildman–Crippen MR) is 152 cm³/mol. The fourth-order valence-electron chi connectivity index (χ4n) is 4.10. The second-order valence-electron chi connectivity index (χ2n) is 8.17. The molecule has 2 heterocycles. The number of carbonyl (C=O) groups is 1. The van der Waals surface area contributed by atoms with Crippen LogP contribution in [0.1, 0.15) is 11.1 Å². The first-order valence-corrected chi connectivity index (χ1v) is 13.4. The van der Waals surface area contributed by atoms with Crippen molar-refractivity contribution >= 4 is 67.1 Å². The van der Waals surface area contributed by atoms with Crippen molar-refractivity contribution in [3.05, 3.63) is 106 Å². The molecule has 0 radical (unpaired) electrons. The Morgan fingerprint density at radius 3 is 2.49 bits per heavy atom. The molecule has 1 aromatic heterocycles. The molecule has 1 fully saturated rings. The van der Waals surface area contributed by atoms with Gasteiger partial charge in [0.15, 0.2) is 0 Å². The molecular formula is C28H23BrN2O2S2. The van der Waals surface area contributed by atoms with Crippen molar-refractivity contribution in [2.24, 2.45) is 0 Å².